The second-order valence-electron chi connectivity index (χ2n) is 5.89. The van der Waals surface area contributed by atoms with E-state index in [1.165, 1.54) is 12.8 Å². The molecule has 21 heavy (non-hydrogen) atoms. The molecule has 0 spiro atoms. The molecule has 0 amide bonds. The van der Waals surface area contributed by atoms with Crippen LogP contribution in [0, 0.1) is 11.8 Å². The summed E-state index contributed by atoms with van der Waals surface area (Å²) in [6.07, 6.45) is 5.54. The van der Waals surface area contributed by atoms with E-state index in [4.69, 9.17) is 16.2 Å². The van der Waals surface area contributed by atoms with Gasteiger partial charge in [-0.3, -0.25) is 4.90 Å². The lowest BCUT2D eigenvalue weighted by Gasteiger charge is -2.36. The number of allylic oxidation sites excluding steroid dienone is 2. The third kappa shape index (κ3) is 4.78. The minimum absolute atomic E-state index is 0.350. The number of hydrogen-bond donors (Lipinski definition) is 2. The summed E-state index contributed by atoms with van der Waals surface area (Å²) >= 11 is 0. The average Bonchev–Trinajstić information content (AvgIpc) is 2.60. The fraction of sp³-hybridized carbons (Fsp3) is 0.625. The maximum Gasteiger partial charge on any atom is 0.157 e. The highest BCUT2D eigenvalue weighted by Gasteiger charge is 2.21. The number of likely N-dealkylation sites (N-methyl/N-ethyl adjacent to an activating group) is 1. The maximum absolute atomic E-state index is 5.94. The van der Waals surface area contributed by atoms with Crippen LogP contribution in [0.15, 0.2) is 23.5 Å². The summed E-state index contributed by atoms with van der Waals surface area (Å²) in [5.74, 6) is 5.85. The van der Waals surface area contributed by atoms with Crippen LogP contribution in [0.25, 0.3) is 0 Å². The molecule has 0 bridgehead atoms. The molecule has 1 aliphatic heterocycles. The lowest BCUT2D eigenvalue weighted by atomic mass is 10.1. The lowest BCUT2D eigenvalue weighted by Crippen LogP contribution is -2.46. The highest BCUT2D eigenvalue weighted by molar-refractivity contribution is 5.37. The smallest absolute Gasteiger partial charge is 0.157 e. The predicted octanol–water partition coefficient (Wildman–Crippen LogP) is 0.0998. The molecule has 116 valence electrons. The summed E-state index contributed by atoms with van der Waals surface area (Å²) < 4.78 is 5.81. The van der Waals surface area contributed by atoms with Gasteiger partial charge in [-0.25, -0.2) is 0 Å². The number of likely N-dealkylation sites (tertiary alicyclic amines) is 1. The Morgan fingerprint density at radius 2 is 2.24 bits per heavy atom. The van der Waals surface area contributed by atoms with Gasteiger partial charge in [0, 0.05) is 30.9 Å². The lowest BCUT2D eigenvalue weighted by molar-refractivity contribution is 0.0644. The Kier molecular flexibility index (Phi) is 5.68. The van der Waals surface area contributed by atoms with Crippen LogP contribution in [0.1, 0.15) is 12.8 Å². The van der Waals surface area contributed by atoms with Crippen LogP contribution < -0.4 is 11.5 Å². The Morgan fingerprint density at radius 3 is 3.00 bits per heavy atom. The molecule has 0 saturated carbocycles. The predicted molar refractivity (Wildman–Crippen MR) is 85.2 cm³/mol. The Morgan fingerprint density at radius 1 is 1.43 bits per heavy atom. The molecule has 1 fully saturated rings. The summed E-state index contributed by atoms with van der Waals surface area (Å²) in [5.41, 5.74) is 12.8. The van der Waals surface area contributed by atoms with Crippen molar-refractivity contribution in [2.45, 2.75) is 25.0 Å². The molecule has 2 rings (SSSR count). The second-order valence-corrected chi connectivity index (χ2v) is 5.89. The van der Waals surface area contributed by atoms with Crippen molar-refractivity contribution >= 4 is 0 Å². The van der Waals surface area contributed by atoms with Gasteiger partial charge in [0.25, 0.3) is 0 Å². The van der Waals surface area contributed by atoms with Gasteiger partial charge in [-0.1, -0.05) is 11.8 Å². The summed E-state index contributed by atoms with van der Waals surface area (Å²) in [6.45, 7) is 3.79. The minimum atomic E-state index is -0.350. The first-order valence-electron chi connectivity index (χ1n) is 7.50. The van der Waals surface area contributed by atoms with Gasteiger partial charge in [0.15, 0.2) is 6.10 Å². The van der Waals surface area contributed by atoms with E-state index in [9.17, 15) is 0 Å². The molecule has 2 aliphatic rings. The Bertz CT molecular complexity index is 472. The normalized spacial score (nSPS) is 26.6. The number of rotatable bonds is 5. The molecule has 5 heteroatoms. The van der Waals surface area contributed by atoms with Crippen LogP contribution >= 0.6 is 0 Å². The number of ether oxygens (including phenoxy) is 1. The van der Waals surface area contributed by atoms with Crippen LogP contribution in [-0.2, 0) is 4.74 Å². The summed E-state index contributed by atoms with van der Waals surface area (Å²) in [7, 11) is 4.30. The van der Waals surface area contributed by atoms with E-state index in [0.29, 0.717) is 24.0 Å². The molecule has 0 radical (unpaired) electrons. The molecular weight excluding hydrogens is 264 g/mol. The van der Waals surface area contributed by atoms with E-state index in [0.717, 1.165) is 19.6 Å². The van der Waals surface area contributed by atoms with Crippen molar-refractivity contribution in [1.29, 1.82) is 0 Å². The van der Waals surface area contributed by atoms with Gasteiger partial charge >= 0.3 is 0 Å². The highest BCUT2D eigenvalue weighted by Crippen LogP contribution is 2.13. The zero-order chi connectivity index (χ0) is 15.2. The summed E-state index contributed by atoms with van der Waals surface area (Å²) in [5, 5.41) is 0. The van der Waals surface area contributed by atoms with Gasteiger partial charge in [-0.2, -0.15) is 0 Å². The molecule has 1 heterocycles. The Labute approximate surface area is 127 Å². The van der Waals surface area contributed by atoms with Gasteiger partial charge in [0.2, 0.25) is 0 Å². The number of hydrogen-bond acceptors (Lipinski definition) is 5. The van der Waals surface area contributed by atoms with Gasteiger partial charge in [0.05, 0.1) is 12.3 Å². The van der Waals surface area contributed by atoms with Crippen molar-refractivity contribution in [2.24, 2.45) is 11.5 Å². The standard InChI is InChI=1S/C16H26N4O/c1-19(2)14-6-4-8-20(12-14)9-10-21-16-7-3-5-13(17)11-15(16)18/h5,11,14,16H,4,6,8-10,12,17-18H2,1-2H3. The zero-order valence-corrected chi connectivity index (χ0v) is 13.0. The third-order valence-corrected chi connectivity index (χ3v) is 3.99. The number of piperidine rings is 1. The second kappa shape index (κ2) is 7.51. The first-order valence-corrected chi connectivity index (χ1v) is 7.50. The number of nitrogens with zero attached hydrogens (tertiary/aromatic N) is 2. The molecule has 4 N–H and O–H groups in total. The van der Waals surface area contributed by atoms with Gasteiger partial charge in [-0.15, -0.1) is 0 Å². The van der Waals surface area contributed by atoms with Crippen molar-refractivity contribution in [3.05, 3.63) is 23.5 Å². The molecule has 0 aromatic heterocycles. The van der Waals surface area contributed by atoms with Crippen LogP contribution in [0.2, 0.25) is 0 Å². The average molecular weight is 290 g/mol. The molecule has 2 unspecified atom stereocenters. The zero-order valence-electron chi connectivity index (χ0n) is 13.0. The van der Waals surface area contributed by atoms with E-state index in [1.807, 2.05) is 0 Å². The van der Waals surface area contributed by atoms with Crippen LogP contribution in [0.5, 0.6) is 0 Å². The first-order chi connectivity index (χ1) is 10.1. The minimum Gasteiger partial charge on any atom is -0.399 e. The Balaban J connectivity index is 1.76. The highest BCUT2D eigenvalue weighted by atomic mass is 16.5. The fourth-order valence-corrected chi connectivity index (χ4v) is 2.69. The van der Waals surface area contributed by atoms with Gasteiger partial charge in [0.1, 0.15) is 0 Å². The monoisotopic (exact) mass is 290 g/mol. The largest absolute Gasteiger partial charge is 0.399 e. The molecule has 1 aliphatic carbocycles. The van der Waals surface area contributed by atoms with E-state index in [2.05, 4.69) is 35.7 Å². The van der Waals surface area contributed by atoms with Crippen molar-refractivity contribution in [3.8, 4) is 11.8 Å². The molecular formula is C16H26N4O. The molecule has 2 atom stereocenters. The van der Waals surface area contributed by atoms with E-state index in [-0.39, 0.29) is 6.10 Å². The molecule has 0 aromatic carbocycles. The molecule has 0 aromatic rings. The van der Waals surface area contributed by atoms with Crippen molar-refractivity contribution in [2.75, 3.05) is 40.3 Å². The van der Waals surface area contributed by atoms with Crippen LogP contribution in [0.3, 0.4) is 0 Å². The van der Waals surface area contributed by atoms with Crippen molar-refractivity contribution < 1.29 is 4.74 Å². The number of nitrogens with two attached hydrogens (primary N) is 2. The van der Waals surface area contributed by atoms with Crippen molar-refractivity contribution in [3.63, 3.8) is 0 Å². The maximum atomic E-state index is 5.94. The summed E-state index contributed by atoms with van der Waals surface area (Å²) in [6, 6.07) is 0.644. The molecule has 1 saturated heterocycles. The summed E-state index contributed by atoms with van der Waals surface area (Å²) in [4.78, 5) is 4.75. The van der Waals surface area contributed by atoms with Crippen molar-refractivity contribution in [1.82, 2.24) is 9.80 Å². The molecule has 5 nitrogen and oxygen atoms in total. The van der Waals surface area contributed by atoms with Crippen LogP contribution in [0.4, 0.5) is 0 Å². The van der Waals surface area contributed by atoms with Gasteiger partial charge < -0.3 is 21.1 Å². The quantitative estimate of drug-likeness (QED) is 0.703. The van der Waals surface area contributed by atoms with Crippen LogP contribution in [-0.4, -0.2) is 62.3 Å². The Hall–Kier alpha value is -1.48. The fourth-order valence-electron chi connectivity index (χ4n) is 2.69. The van der Waals surface area contributed by atoms with Gasteiger partial charge in [-0.05, 0) is 39.6 Å². The third-order valence-electron chi connectivity index (χ3n) is 3.99. The van der Waals surface area contributed by atoms with E-state index < -0.39 is 0 Å². The topological polar surface area (TPSA) is 67.8 Å². The first kappa shape index (κ1) is 15.9. The SMILES string of the molecule is CN(C)C1CCCN(CCOC2C#CC=C(N)C=C2N)C1. The van der Waals surface area contributed by atoms with E-state index >= 15 is 0 Å². The van der Waals surface area contributed by atoms with E-state index in [1.54, 1.807) is 12.2 Å².